The standard InChI is InChI=1S/C26H37Cl2N3O5/c1-17(24(29)14-32)31(30-4)13-21(34)16-35-22-8-5-18(6-9-22)26(2,3)19-7-10-25(23(28)11-19)36-15-20(33)12-27/h5-11,20-21,30,32-34H,12-16,29H2,1-4H3/p+1/b24-17-. The third-order valence-electron chi connectivity index (χ3n) is 6.05. The van der Waals surface area contributed by atoms with Gasteiger partial charge in [0.1, 0.15) is 43.5 Å². The molecule has 2 unspecified atom stereocenters. The van der Waals surface area contributed by atoms with Crippen LogP contribution in [0.3, 0.4) is 0 Å². The number of quaternary nitrogens is 1. The third kappa shape index (κ3) is 8.24. The summed E-state index contributed by atoms with van der Waals surface area (Å²) in [5.74, 6) is 1.23. The molecule has 0 aliphatic carbocycles. The van der Waals surface area contributed by atoms with E-state index in [-0.39, 0.29) is 37.7 Å². The monoisotopic (exact) mass is 542 g/mol. The van der Waals surface area contributed by atoms with Crippen LogP contribution in [0.2, 0.25) is 5.02 Å². The van der Waals surface area contributed by atoms with E-state index < -0.39 is 12.2 Å². The number of hydrazine groups is 1. The van der Waals surface area contributed by atoms with E-state index in [9.17, 15) is 15.3 Å². The molecule has 2 atom stereocenters. The molecule has 0 fully saturated rings. The van der Waals surface area contributed by atoms with Crippen LogP contribution in [-0.4, -0.2) is 71.8 Å². The number of nitrogens with one attached hydrogen (secondary N) is 1. The van der Waals surface area contributed by atoms with Crippen LogP contribution in [-0.2, 0) is 5.41 Å². The lowest BCUT2D eigenvalue weighted by molar-refractivity contribution is -0.314. The van der Waals surface area contributed by atoms with Gasteiger partial charge in [-0.25, -0.2) is 5.43 Å². The number of hydrogen-bond acceptors (Lipinski definition) is 7. The van der Waals surface area contributed by atoms with Crippen molar-refractivity contribution in [1.82, 2.24) is 10.4 Å². The second-order valence-electron chi connectivity index (χ2n) is 9.06. The lowest BCUT2D eigenvalue weighted by atomic mass is 9.78. The molecule has 0 spiro atoms. The molecule has 0 saturated heterocycles. The van der Waals surface area contributed by atoms with E-state index in [0.29, 0.717) is 22.2 Å². The Morgan fingerprint density at radius 1 is 1.06 bits per heavy atom. The average molecular weight is 544 g/mol. The predicted molar refractivity (Wildman–Crippen MR) is 142 cm³/mol. The van der Waals surface area contributed by atoms with Gasteiger partial charge >= 0.3 is 0 Å². The summed E-state index contributed by atoms with van der Waals surface area (Å²) in [6, 6.07) is 13.3. The Balaban J connectivity index is 2.02. The fourth-order valence-corrected chi connectivity index (χ4v) is 3.85. The average Bonchev–Trinajstić information content (AvgIpc) is 2.88. The van der Waals surface area contributed by atoms with Crippen LogP contribution in [0.25, 0.3) is 0 Å². The number of ether oxygens (including phenoxy) is 2. The quantitative estimate of drug-likeness (QED) is 0.183. The van der Waals surface area contributed by atoms with E-state index in [1.807, 2.05) is 43.3 Å². The molecule has 8 nitrogen and oxygen atoms in total. The van der Waals surface area contributed by atoms with E-state index in [4.69, 9.17) is 32.7 Å². The third-order valence-corrected chi connectivity index (χ3v) is 6.70. The van der Waals surface area contributed by atoms with Crippen molar-refractivity contribution in [3.8, 4) is 11.5 Å². The van der Waals surface area contributed by atoms with Gasteiger partial charge in [0.15, 0.2) is 5.70 Å². The van der Waals surface area contributed by atoms with Crippen LogP contribution in [0, 0.1) is 0 Å². The molecule has 200 valence electrons. The Labute approximate surface area is 223 Å². The van der Waals surface area contributed by atoms with Crippen LogP contribution < -0.4 is 20.6 Å². The normalized spacial score (nSPS) is 14.2. The van der Waals surface area contributed by atoms with Crippen LogP contribution >= 0.6 is 23.2 Å². The zero-order valence-corrected chi connectivity index (χ0v) is 22.8. The highest BCUT2D eigenvalue weighted by atomic mass is 35.5. The van der Waals surface area contributed by atoms with Crippen molar-refractivity contribution in [3.63, 3.8) is 0 Å². The van der Waals surface area contributed by atoms with Gasteiger partial charge in [-0.2, -0.15) is 0 Å². The fraction of sp³-hybridized carbons (Fsp3) is 0.462. The fourth-order valence-electron chi connectivity index (χ4n) is 3.53. The number of halogens is 2. The molecule has 0 heterocycles. The molecule has 0 aliphatic heterocycles. The Kier molecular flexibility index (Phi) is 11.8. The molecule has 36 heavy (non-hydrogen) atoms. The molecule has 10 heteroatoms. The van der Waals surface area contributed by atoms with Crippen molar-refractivity contribution in [2.45, 2.75) is 38.4 Å². The van der Waals surface area contributed by atoms with Gasteiger partial charge in [0.05, 0.1) is 23.1 Å². The van der Waals surface area contributed by atoms with E-state index >= 15 is 0 Å². The molecular formula is C26H38Cl2N3O5+. The van der Waals surface area contributed by atoms with Crippen LogP contribution in [0.1, 0.15) is 31.9 Å². The van der Waals surface area contributed by atoms with E-state index in [1.165, 1.54) is 0 Å². The molecule has 2 rings (SSSR count). The van der Waals surface area contributed by atoms with Crippen molar-refractivity contribution in [2.24, 2.45) is 0 Å². The number of alkyl halides is 1. The number of rotatable bonds is 14. The van der Waals surface area contributed by atoms with Crippen molar-refractivity contribution in [1.29, 1.82) is 0 Å². The first-order chi connectivity index (χ1) is 17.0. The van der Waals surface area contributed by atoms with Gasteiger partial charge in [0, 0.05) is 12.5 Å². The van der Waals surface area contributed by atoms with E-state index in [2.05, 4.69) is 25.0 Å². The van der Waals surface area contributed by atoms with Gasteiger partial charge in [-0.15, -0.1) is 11.6 Å². The maximum Gasteiger partial charge on any atom is 0.150 e. The van der Waals surface area contributed by atoms with Gasteiger partial charge in [-0.1, -0.05) is 43.6 Å². The lowest BCUT2D eigenvalue weighted by Crippen LogP contribution is -2.53. The summed E-state index contributed by atoms with van der Waals surface area (Å²) in [5.41, 5.74) is 9.84. The number of allylic oxidation sites excluding steroid dienone is 1. The van der Waals surface area contributed by atoms with Crippen LogP contribution in [0.5, 0.6) is 11.5 Å². The molecule has 0 aliphatic rings. The lowest BCUT2D eigenvalue weighted by Gasteiger charge is -2.27. The highest BCUT2D eigenvalue weighted by Gasteiger charge is 2.24. The highest BCUT2D eigenvalue weighted by molar-refractivity contribution is 6.32. The maximum atomic E-state index is 10.4. The maximum absolute atomic E-state index is 10.4. The molecule has 0 radical (unpaired) electrons. The smallest absolute Gasteiger partial charge is 0.150 e. The van der Waals surface area contributed by atoms with E-state index in [1.54, 1.807) is 18.1 Å². The number of aliphatic hydroxyl groups excluding tert-OH is 3. The summed E-state index contributed by atoms with van der Waals surface area (Å²) < 4.78 is 11.3. The first kappa shape index (κ1) is 30.2. The molecule has 2 aromatic carbocycles. The van der Waals surface area contributed by atoms with Gasteiger partial charge in [-0.05, 0) is 42.3 Å². The number of benzene rings is 2. The minimum atomic E-state index is -0.761. The van der Waals surface area contributed by atoms with Gasteiger partial charge < -0.3 is 35.5 Å². The molecule has 0 aromatic heterocycles. The minimum Gasteiger partial charge on any atom is -0.491 e. The first-order valence-electron chi connectivity index (χ1n) is 11.7. The largest absolute Gasteiger partial charge is 0.491 e. The van der Waals surface area contributed by atoms with Crippen molar-refractivity contribution < 1.29 is 30.5 Å². The summed E-state index contributed by atoms with van der Waals surface area (Å²) >= 11 is 12.0. The van der Waals surface area contributed by atoms with Gasteiger partial charge in [0.25, 0.3) is 0 Å². The van der Waals surface area contributed by atoms with Gasteiger partial charge in [-0.3, -0.25) is 0 Å². The molecule has 2 aromatic rings. The van der Waals surface area contributed by atoms with Crippen molar-refractivity contribution in [3.05, 3.63) is 70.0 Å². The summed E-state index contributed by atoms with van der Waals surface area (Å²) in [4.78, 5) is 0. The summed E-state index contributed by atoms with van der Waals surface area (Å²) in [7, 11) is 1.74. The Hall–Kier alpha value is -2.04. The Morgan fingerprint density at radius 2 is 1.67 bits per heavy atom. The van der Waals surface area contributed by atoms with Crippen molar-refractivity contribution in [2.75, 3.05) is 39.3 Å². The molecule has 7 N–H and O–H groups in total. The van der Waals surface area contributed by atoms with Crippen LogP contribution in [0.4, 0.5) is 0 Å². The SMILES string of the molecule is CNN(CC(O)COc1ccc(C(C)(C)c2ccc(OCC(O)CCl)c(Cl)c2)cc1)/C(C)=C(\[NH3+])CO. The predicted octanol–water partition coefficient (Wildman–Crippen LogP) is 2.29. The van der Waals surface area contributed by atoms with Crippen molar-refractivity contribution >= 4 is 23.2 Å². The summed E-state index contributed by atoms with van der Waals surface area (Å²) in [6.07, 6.45) is -1.51. The summed E-state index contributed by atoms with van der Waals surface area (Å²) in [5, 5.41) is 31.5. The highest BCUT2D eigenvalue weighted by Crippen LogP contribution is 2.36. The molecule has 0 bridgehead atoms. The minimum absolute atomic E-state index is 0.0743. The first-order valence-corrected chi connectivity index (χ1v) is 12.6. The number of nitrogens with zero attached hydrogens (tertiary/aromatic N) is 1. The van der Waals surface area contributed by atoms with Crippen LogP contribution in [0.15, 0.2) is 53.9 Å². The zero-order chi connectivity index (χ0) is 26.9. The topological polar surface area (TPSA) is 122 Å². The molecular weight excluding hydrogens is 505 g/mol. The zero-order valence-electron chi connectivity index (χ0n) is 21.3. The second kappa shape index (κ2) is 14.0. The summed E-state index contributed by atoms with van der Waals surface area (Å²) in [6.45, 7) is 6.33. The Morgan fingerprint density at radius 3 is 2.22 bits per heavy atom. The Bertz CT molecular complexity index is 1000. The molecule has 0 saturated carbocycles. The van der Waals surface area contributed by atoms with Gasteiger partial charge in [0.2, 0.25) is 0 Å². The molecule has 0 amide bonds. The number of hydrogen-bond donors (Lipinski definition) is 5. The second-order valence-corrected chi connectivity index (χ2v) is 9.78. The number of aliphatic hydroxyl groups is 3. The van der Waals surface area contributed by atoms with E-state index in [0.717, 1.165) is 16.8 Å².